The summed E-state index contributed by atoms with van der Waals surface area (Å²) in [6, 6.07) is 13.8. The summed E-state index contributed by atoms with van der Waals surface area (Å²) in [5.41, 5.74) is 2.47. The molecule has 1 fully saturated rings. The second kappa shape index (κ2) is 12.2. The molecule has 4 rings (SSSR count). The number of nitrogens with one attached hydrogen (secondary N) is 1. The summed E-state index contributed by atoms with van der Waals surface area (Å²) in [5, 5.41) is 2.92. The third-order valence-corrected chi connectivity index (χ3v) is 6.33. The summed E-state index contributed by atoms with van der Waals surface area (Å²) in [5.74, 6) is 2.68. The van der Waals surface area contributed by atoms with Crippen LogP contribution in [0.15, 0.2) is 48.7 Å². The number of amides is 1. The minimum atomic E-state index is -0.284. The molecule has 0 spiro atoms. The molecule has 1 aliphatic heterocycles. The highest BCUT2D eigenvalue weighted by Gasteiger charge is 2.22. The largest absolute Gasteiger partial charge is 0.497 e. The van der Waals surface area contributed by atoms with Crippen molar-refractivity contribution in [1.82, 2.24) is 15.3 Å². The van der Waals surface area contributed by atoms with Gasteiger partial charge in [0.25, 0.3) is 5.91 Å². The summed E-state index contributed by atoms with van der Waals surface area (Å²) in [6.07, 6.45) is 2.16. The van der Waals surface area contributed by atoms with Crippen LogP contribution in [0.5, 0.6) is 23.1 Å². The Kier molecular flexibility index (Phi) is 8.50. The van der Waals surface area contributed by atoms with Crippen molar-refractivity contribution in [2.45, 2.75) is 6.42 Å². The maximum Gasteiger partial charge on any atom is 0.258 e. The number of aromatic nitrogens is 2. The van der Waals surface area contributed by atoms with Crippen LogP contribution in [0.1, 0.15) is 15.9 Å². The SMILES string of the molecule is COc1ccc(N2CCN(c3ncc(C(=O)NCCc4ccc(OC)c(OC)c4)c(OC)n3)CC2)cc1. The van der Waals surface area contributed by atoms with Crippen LogP contribution in [0.3, 0.4) is 0 Å². The van der Waals surface area contributed by atoms with E-state index in [9.17, 15) is 4.79 Å². The van der Waals surface area contributed by atoms with Crippen molar-refractivity contribution < 1.29 is 23.7 Å². The van der Waals surface area contributed by atoms with Gasteiger partial charge in [-0.05, 0) is 48.4 Å². The van der Waals surface area contributed by atoms with Crippen LogP contribution in [0, 0.1) is 0 Å². The smallest absolute Gasteiger partial charge is 0.258 e. The molecular formula is C27H33N5O5. The van der Waals surface area contributed by atoms with Gasteiger partial charge >= 0.3 is 0 Å². The van der Waals surface area contributed by atoms with Gasteiger partial charge in [-0.15, -0.1) is 0 Å². The highest BCUT2D eigenvalue weighted by molar-refractivity contribution is 5.96. The quantitative estimate of drug-likeness (QED) is 0.444. The number of benzene rings is 2. The van der Waals surface area contributed by atoms with Gasteiger partial charge in [0.15, 0.2) is 11.5 Å². The molecule has 0 aliphatic carbocycles. The van der Waals surface area contributed by atoms with Crippen molar-refractivity contribution in [3.63, 3.8) is 0 Å². The second-order valence-corrected chi connectivity index (χ2v) is 8.46. The van der Waals surface area contributed by atoms with E-state index in [0.29, 0.717) is 36.0 Å². The number of carbonyl (C=O) groups is 1. The molecule has 1 N–H and O–H groups in total. The lowest BCUT2D eigenvalue weighted by molar-refractivity contribution is 0.0950. The van der Waals surface area contributed by atoms with Crippen molar-refractivity contribution in [2.24, 2.45) is 0 Å². The molecule has 1 saturated heterocycles. The standard InChI is InChI=1S/C27H33N5O5/c1-34-21-8-6-20(7-9-21)31-13-15-32(16-14-31)27-29-18-22(26(30-27)37-4)25(33)28-12-11-19-5-10-23(35-2)24(17-19)36-3/h5-10,17-18H,11-16H2,1-4H3,(H,28,33). The molecule has 0 unspecified atom stereocenters. The highest BCUT2D eigenvalue weighted by atomic mass is 16.5. The fourth-order valence-electron chi connectivity index (χ4n) is 4.23. The number of piperazine rings is 1. The second-order valence-electron chi connectivity index (χ2n) is 8.46. The maximum absolute atomic E-state index is 12.8. The molecule has 0 saturated carbocycles. The first-order chi connectivity index (χ1) is 18.1. The molecule has 10 nitrogen and oxygen atoms in total. The summed E-state index contributed by atoms with van der Waals surface area (Å²) in [6.45, 7) is 3.61. The average Bonchev–Trinajstić information content (AvgIpc) is 2.96. The van der Waals surface area contributed by atoms with Gasteiger partial charge in [0.1, 0.15) is 11.3 Å². The van der Waals surface area contributed by atoms with Crippen molar-refractivity contribution in [2.75, 3.05) is 71.0 Å². The van der Waals surface area contributed by atoms with E-state index in [4.69, 9.17) is 18.9 Å². The molecule has 37 heavy (non-hydrogen) atoms. The Hall–Kier alpha value is -4.21. The Morgan fingerprint density at radius 1 is 0.865 bits per heavy atom. The number of hydrogen-bond donors (Lipinski definition) is 1. The van der Waals surface area contributed by atoms with Gasteiger partial charge in [-0.3, -0.25) is 4.79 Å². The number of hydrogen-bond acceptors (Lipinski definition) is 9. The van der Waals surface area contributed by atoms with Crippen LogP contribution in [-0.4, -0.2) is 77.0 Å². The normalized spacial score (nSPS) is 13.2. The van der Waals surface area contributed by atoms with Gasteiger partial charge in [-0.25, -0.2) is 4.98 Å². The number of nitrogens with zero attached hydrogens (tertiary/aromatic N) is 4. The molecule has 0 bridgehead atoms. The van der Waals surface area contributed by atoms with Crippen molar-refractivity contribution >= 4 is 17.5 Å². The first-order valence-corrected chi connectivity index (χ1v) is 12.1. The Balaban J connectivity index is 1.33. The zero-order valence-corrected chi connectivity index (χ0v) is 21.7. The average molecular weight is 508 g/mol. The van der Waals surface area contributed by atoms with Crippen LogP contribution in [0.25, 0.3) is 0 Å². The summed E-state index contributed by atoms with van der Waals surface area (Å²) >= 11 is 0. The fraction of sp³-hybridized carbons (Fsp3) is 0.370. The monoisotopic (exact) mass is 507 g/mol. The van der Waals surface area contributed by atoms with Gasteiger partial charge in [0.05, 0.1) is 28.4 Å². The molecule has 1 amide bonds. The third kappa shape index (κ3) is 6.14. The topological polar surface area (TPSA) is 98.3 Å². The summed E-state index contributed by atoms with van der Waals surface area (Å²) in [7, 11) is 6.37. The number of anilines is 2. The maximum atomic E-state index is 12.8. The van der Waals surface area contributed by atoms with Crippen molar-refractivity contribution in [1.29, 1.82) is 0 Å². The number of ether oxygens (including phenoxy) is 4. The van der Waals surface area contributed by atoms with E-state index in [1.807, 2.05) is 30.3 Å². The molecular weight excluding hydrogens is 474 g/mol. The lowest BCUT2D eigenvalue weighted by Gasteiger charge is -2.36. The van der Waals surface area contributed by atoms with E-state index in [2.05, 4.69) is 37.2 Å². The molecule has 2 heterocycles. The molecule has 1 aromatic heterocycles. The van der Waals surface area contributed by atoms with E-state index in [0.717, 1.165) is 43.2 Å². The summed E-state index contributed by atoms with van der Waals surface area (Å²) in [4.78, 5) is 26.2. The molecule has 1 aliphatic rings. The molecule has 0 atom stereocenters. The number of carbonyl (C=O) groups excluding carboxylic acids is 1. The van der Waals surface area contributed by atoms with Crippen LogP contribution >= 0.6 is 0 Å². The number of methoxy groups -OCH3 is 4. The molecule has 196 valence electrons. The predicted molar refractivity (Wildman–Crippen MR) is 142 cm³/mol. The number of rotatable bonds is 10. The minimum Gasteiger partial charge on any atom is -0.497 e. The van der Waals surface area contributed by atoms with Gasteiger partial charge < -0.3 is 34.1 Å². The Bertz CT molecular complexity index is 1200. The Labute approximate surface area is 217 Å². The highest BCUT2D eigenvalue weighted by Crippen LogP contribution is 2.28. The minimum absolute atomic E-state index is 0.256. The first-order valence-electron chi connectivity index (χ1n) is 12.1. The fourth-order valence-corrected chi connectivity index (χ4v) is 4.23. The molecule has 10 heteroatoms. The van der Waals surface area contributed by atoms with E-state index in [-0.39, 0.29) is 11.8 Å². The molecule has 3 aromatic rings. The van der Waals surface area contributed by atoms with E-state index >= 15 is 0 Å². The predicted octanol–water partition coefficient (Wildman–Crippen LogP) is 2.81. The van der Waals surface area contributed by atoms with Crippen LogP contribution in [0.4, 0.5) is 11.6 Å². The zero-order valence-electron chi connectivity index (χ0n) is 21.7. The van der Waals surface area contributed by atoms with Crippen LogP contribution in [-0.2, 0) is 6.42 Å². The molecule has 0 radical (unpaired) electrons. The van der Waals surface area contributed by atoms with Crippen LogP contribution in [0.2, 0.25) is 0 Å². The lowest BCUT2D eigenvalue weighted by atomic mass is 10.1. The zero-order chi connectivity index (χ0) is 26.2. The van der Waals surface area contributed by atoms with E-state index in [1.165, 1.54) is 13.3 Å². The first kappa shape index (κ1) is 25.9. The van der Waals surface area contributed by atoms with Crippen molar-refractivity contribution in [3.05, 3.63) is 59.8 Å². The van der Waals surface area contributed by atoms with Crippen molar-refractivity contribution in [3.8, 4) is 23.1 Å². The van der Waals surface area contributed by atoms with E-state index in [1.54, 1.807) is 21.3 Å². The van der Waals surface area contributed by atoms with Gasteiger partial charge in [0, 0.05) is 44.6 Å². The van der Waals surface area contributed by atoms with Gasteiger partial charge in [-0.2, -0.15) is 4.98 Å². The third-order valence-electron chi connectivity index (χ3n) is 6.33. The van der Waals surface area contributed by atoms with Gasteiger partial charge in [0.2, 0.25) is 11.8 Å². The van der Waals surface area contributed by atoms with Crippen LogP contribution < -0.4 is 34.1 Å². The van der Waals surface area contributed by atoms with E-state index < -0.39 is 0 Å². The summed E-state index contributed by atoms with van der Waals surface area (Å²) < 4.78 is 21.3. The Morgan fingerprint density at radius 3 is 2.22 bits per heavy atom. The van der Waals surface area contributed by atoms with Gasteiger partial charge in [-0.1, -0.05) is 6.07 Å². The lowest BCUT2D eigenvalue weighted by Crippen LogP contribution is -2.47. The Morgan fingerprint density at radius 2 is 1.57 bits per heavy atom. The molecule has 2 aromatic carbocycles.